The minimum absolute atomic E-state index is 0.0128. The number of rotatable bonds is 6. The van der Waals surface area contributed by atoms with Crippen LogP contribution < -0.4 is 10.9 Å². The van der Waals surface area contributed by atoms with Crippen LogP contribution >= 0.6 is 23.1 Å². The van der Waals surface area contributed by atoms with Gasteiger partial charge in [-0.1, -0.05) is 18.7 Å². The third-order valence-corrected chi connectivity index (χ3v) is 6.34. The zero-order chi connectivity index (χ0) is 18.1. The highest BCUT2D eigenvalue weighted by atomic mass is 32.2. The van der Waals surface area contributed by atoms with Crippen molar-refractivity contribution in [2.24, 2.45) is 0 Å². The average molecular weight is 368 g/mol. The molecule has 0 aliphatic heterocycles. The summed E-state index contributed by atoms with van der Waals surface area (Å²) in [6.07, 6.45) is 0.862. The number of hydrogen-bond acceptors (Lipinski definition) is 5. The Morgan fingerprint density at radius 3 is 2.58 bits per heavy atom. The molecule has 0 radical (unpaired) electrons. The van der Waals surface area contributed by atoms with Crippen LogP contribution in [0.15, 0.2) is 9.95 Å². The van der Waals surface area contributed by atoms with Gasteiger partial charge in [0.25, 0.3) is 5.56 Å². The molecule has 2 heterocycles. The summed E-state index contributed by atoms with van der Waals surface area (Å²) in [5, 5.41) is 4.33. The van der Waals surface area contributed by atoms with Gasteiger partial charge in [0.05, 0.1) is 11.1 Å². The minimum atomic E-state index is -0.221. The molecule has 2 aromatic heterocycles. The maximum Gasteiger partial charge on any atom is 0.263 e. The summed E-state index contributed by atoms with van der Waals surface area (Å²) in [4.78, 5) is 31.4. The van der Waals surface area contributed by atoms with Crippen LogP contribution in [0.5, 0.6) is 0 Å². The summed E-state index contributed by atoms with van der Waals surface area (Å²) in [7, 11) is 0. The number of nitrogens with one attached hydrogen (secondary N) is 1. The summed E-state index contributed by atoms with van der Waals surface area (Å²) >= 11 is 2.86. The van der Waals surface area contributed by atoms with E-state index in [-0.39, 0.29) is 22.8 Å². The highest BCUT2D eigenvalue weighted by Crippen LogP contribution is 2.28. The SMILES string of the molecule is CCn1c(SCC(=O)NC(C)(C)CC)nc2sc(C)c(C)c2c1=O. The number of thioether (sulfide) groups is 1. The number of aromatic nitrogens is 2. The third kappa shape index (κ3) is 3.83. The predicted molar refractivity (Wildman–Crippen MR) is 102 cm³/mol. The van der Waals surface area contributed by atoms with Gasteiger partial charge in [0.1, 0.15) is 4.83 Å². The molecule has 0 aliphatic rings. The van der Waals surface area contributed by atoms with Crippen molar-refractivity contribution < 1.29 is 4.79 Å². The second-order valence-corrected chi connectivity index (χ2v) is 8.63. The summed E-state index contributed by atoms with van der Waals surface area (Å²) < 4.78 is 1.66. The molecule has 0 aliphatic carbocycles. The van der Waals surface area contributed by atoms with E-state index in [0.29, 0.717) is 17.1 Å². The van der Waals surface area contributed by atoms with Crippen molar-refractivity contribution in [3.63, 3.8) is 0 Å². The molecule has 132 valence electrons. The molecule has 1 amide bonds. The lowest BCUT2D eigenvalue weighted by Crippen LogP contribution is -2.43. The first-order valence-corrected chi connectivity index (χ1v) is 9.94. The van der Waals surface area contributed by atoms with Gasteiger partial charge >= 0.3 is 0 Å². The third-order valence-electron chi connectivity index (χ3n) is 4.26. The van der Waals surface area contributed by atoms with E-state index in [1.807, 2.05) is 41.5 Å². The molecule has 0 unspecified atom stereocenters. The van der Waals surface area contributed by atoms with Gasteiger partial charge in [-0.3, -0.25) is 14.2 Å². The highest BCUT2D eigenvalue weighted by Gasteiger charge is 2.20. The van der Waals surface area contributed by atoms with Crippen molar-refractivity contribution in [3.8, 4) is 0 Å². The molecule has 0 saturated heterocycles. The molecule has 24 heavy (non-hydrogen) atoms. The maximum atomic E-state index is 12.8. The molecular weight excluding hydrogens is 342 g/mol. The fourth-order valence-corrected chi connectivity index (χ4v) is 4.26. The molecule has 0 saturated carbocycles. The molecule has 0 fully saturated rings. The van der Waals surface area contributed by atoms with Gasteiger partial charge in [0, 0.05) is 17.0 Å². The number of fused-ring (bicyclic) bond motifs is 1. The van der Waals surface area contributed by atoms with Gasteiger partial charge < -0.3 is 5.32 Å². The molecule has 1 N–H and O–H groups in total. The number of aryl methyl sites for hydroxylation is 2. The summed E-state index contributed by atoms with van der Waals surface area (Å²) in [5.74, 6) is 0.215. The van der Waals surface area contributed by atoms with Crippen molar-refractivity contribution in [1.82, 2.24) is 14.9 Å². The second kappa shape index (κ2) is 7.27. The molecular formula is C17H25N3O2S2. The molecule has 0 atom stereocenters. The maximum absolute atomic E-state index is 12.8. The summed E-state index contributed by atoms with van der Waals surface area (Å²) in [5.41, 5.74) is 0.774. The lowest BCUT2D eigenvalue weighted by molar-refractivity contribution is -0.120. The van der Waals surface area contributed by atoms with Gasteiger partial charge in [-0.05, 0) is 46.6 Å². The monoisotopic (exact) mass is 367 g/mol. The van der Waals surface area contributed by atoms with Crippen LogP contribution in [0.1, 0.15) is 44.6 Å². The Hall–Kier alpha value is -1.34. The van der Waals surface area contributed by atoms with Gasteiger partial charge in [-0.25, -0.2) is 4.98 Å². The summed E-state index contributed by atoms with van der Waals surface area (Å²) in [6.45, 7) is 12.5. The fraction of sp³-hybridized carbons (Fsp3) is 0.588. The molecule has 2 rings (SSSR count). The first-order valence-electron chi connectivity index (χ1n) is 8.14. The quantitative estimate of drug-likeness (QED) is 0.627. The van der Waals surface area contributed by atoms with E-state index >= 15 is 0 Å². The Labute approximate surface area is 150 Å². The van der Waals surface area contributed by atoms with Crippen LogP contribution in [0.4, 0.5) is 0 Å². The van der Waals surface area contributed by atoms with Crippen LogP contribution in [-0.2, 0) is 11.3 Å². The van der Waals surface area contributed by atoms with Crippen LogP contribution in [0.3, 0.4) is 0 Å². The lowest BCUT2D eigenvalue weighted by Gasteiger charge is -2.24. The van der Waals surface area contributed by atoms with E-state index in [1.54, 1.807) is 4.57 Å². The van der Waals surface area contributed by atoms with Crippen molar-refractivity contribution in [2.45, 2.75) is 65.2 Å². The number of carbonyl (C=O) groups is 1. The molecule has 7 heteroatoms. The van der Waals surface area contributed by atoms with Crippen LogP contribution in [0.25, 0.3) is 10.2 Å². The van der Waals surface area contributed by atoms with Crippen LogP contribution in [0, 0.1) is 13.8 Å². The van der Waals surface area contributed by atoms with E-state index in [1.165, 1.54) is 23.1 Å². The van der Waals surface area contributed by atoms with Crippen LogP contribution in [-0.4, -0.2) is 26.8 Å². The van der Waals surface area contributed by atoms with Crippen LogP contribution in [0.2, 0.25) is 0 Å². The molecule has 0 spiro atoms. The van der Waals surface area contributed by atoms with Crippen molar-refractivity contribution in [1.29, 1.82) is 0 Å². The van der Waals surface area contributed by atoms with Gasteiger partial charge in [-0.2, -0.15) is 0 Å². The van der Waals surface area contributed by atoms with E-state index < -0.39 is 0 Å². The Balaban J connectivity index is 2.29. The molecule has 2 aromatic rings. The standard InChI is InChI=1S/C17H25N3O2S2/c1-7-17(5,6)19-12(21)9-23-16-18-14-13(10(3)11(4)24-14)15(22)20(16)8-2/h7-9H2,1-6H3,(H,19,21). The van der Waals surface area contributed by atoms with Crippen molar-refractivity contribution >= 4 is 39.2 Å². The average Bonchev–Trinajstić information content (AvgIpc) is 2.80. The number of amides is 1. The Bertz CT molecular complexity index is 821. The lowest BCUT2D eigenvalue weighted by atomic mass is 10.0. The largest absolute Gasteiger partial charge is 0.351 e. The Morgan fingerprint density at radius 1 is 1.33 bits per heavy atom. The normalized spacial score (nSPS) is 11.9. The van der Waals surface area contributed by atoms with E-state index in [2.05, 4.69) is 10.3 Å². The second-order valence-electron chi connectivity index (χ2n) is 6.48. The Morgan fingerprint density at radius 2 is 2.00 bits per heavy atom. The highest BCUT2D eigenvalue weighted by molar-refractivity contribution is 7.99. The Kier molecular flexibility index (Phi) is 5.75. The summed E-state index contributed by atoms with van der Waals surface area (Å²) in [6, 6.07) is 0. The van der Waals surface area contributed by atoms with Crippen molar-refractivity contribution in [2.75, 3.05) is 5.75 Å². The molecule has 5 nitrogen and oxygen atoms in total. The predicted octanol–water partition coefficient (Wildman–Crippen LogP) is 3.49. The van der Waals surface area contributed by atoms with Gasteiger partial charge in [0.15, 0.2) is 5.16 Å². The van der Waals surface area contributed by atoms with E-state index in [9.17, 15) is 9.59 Å². The van der Waals surface area contributed by atoms with Crippen molar-refractivity contribution in [3.05, 3.63) is 20.8 Å². The number of carbonyl (C=O) groups excluding carboxylic acids is 1. The number of nitrogens with zero attached hydrogens (tertiary/aromatic N) is 2. The zero-order valence-electron chi connectivity index (χ0n) is 15.1. The smallest absolute Gasteiger partial charge is 0.263 e. The number of hydrogen-bond donors (Lipinski definition) is 1. The van der Waals surface area contributed by atoms with E-state index in [4.69, 9.17) is 0 Å². The van der Waals surface area contributed by atoms with Gasteiger partial charge in [-0.15, -0.1) is 11.3 Å². The van der Waals surface area contributed by atoms with E-state index in [0.717, 1.165) is 21.7 Å². The molecule has 0 bridgehead atoms. The first kappa shape index (κ1) is 19.0. The first-order chi connectivity index (χ1) is 11.2. The fourth-order valence-electron chi connectivity index (χ4n) is 2.33. The zero-order valence-corrected chi connectivity index (χ0v) is 16.8. The molecule has 0 aromatic carbocycles. The topological polar surface area (TPSA) is 64.0 Å². The minimum Gasteiger partial charge on any atom is -0.351 e. The number of thiophene rings is 1. The van der Waals surface area contributed by atoms with Gasteiger partial charge in [0.2, 0.25) is 5.91 Å².